The lowest BCUT2D eigenvalue weighted by molar-refractivity contribution is -0.0124. The highest BCUT2D eigenvalue weighted by atomic mass is 19.1. The SMILES string of the molecule is CCNC(c1cc(C)ccc1F)C(OC)C(C)(C)C. The number of benzene rings is 1. The predicted molar refractivity (Wildman–Crippen MR) is 77.8 cm³/mol. The van der Waals surface area contributed by atoms with Gasteiger partial charge in [-0.1, -0.05) is 45.4 Å². The quantitative estimate of drug-likeness (QED) is 0.875. The fraction of sp³-hybridized carbons (Fsp3) is 0.625. The maximum Gasteiger partial charge on any atom is 0.128 e. The fourth-order valence-electron chi connectivity index (χ4n) is 2.49. The van der Waals surface area contributed by atoms with Crippen molar-refractivity contribution in [3.63, 3.8) is 0 Å². The highest BCUT2D eigenvalue weighted by Crippen LogP contribution is 2.33. The summed E-state index contributed by atoms with van der Waals surface area (Å²) in [7, 11) is 1.69. The van der Waals surface area contributed by atoms with Crippen molar-refractivity contribution in [2.45, 2.75) is 46.8 Å². The summed E-state index contributed by atoms with van der Waals surface area (Å²) in [6.07, 6.45) is -0.0938. The van der Waals surface area contributed by atoms with Gasteiger partial charge in [0.1, 0.15) is 5.82 Å². The van der Waals surface area contributed by atoms with E-state index >= 15 is 0 Å². The molecule has 19 heavy (non-hydrogen) atoms. The standard InChI is InChI=1S/C16H26FNO/c1-7-18-14(15(19-6)16(3,4)5)12-10-11(2)8-9-13(12)17/h8-10,14-15,18H,7H2,1-6H3. The predicted octanol–water partition coefficient (Wildman–Crippen LogP) is 3.85. The van der Waals surface area contributed by atoms with Gasteiger partial charge in [0.25, 0.3) is 0 Å². The lowest BCUT2D eigenvalue weighted by Gasteiger charge is -2.37. The molecule has 2 nitrogen and oxygen atoms in total. The summed E-state index contributed by atoms with van der Waals surface area (Å²) < 4.78 is 19.8. The van der Waals surface area contributed by atoms with Crippen LogP contribution in [-0.4, -0.2) is 19.8 Å². The molecule has 2 unspecified atom stereocenters. The van der Waals surface area contributed by atoms with Crippen LogP contribution < -0.4 is 5.32 Å². The average molecular weight is 267 g/mol. The van der Waals surface area contributed by atoms with Crippen molar-refractivity contribution in [2.24, 2.45) is 5.41 Å². The number of aryl methyl sites for hydroxylation is 1. The van der Waals surface area contributed by atoms with Crippen molar-refractivity contribution in [2.75, 3.05) is 13.7 Å². The number of likely N-dealkylation sites (N-methyl/N-ethyl adjacent to an activating group) is 1. The third-order valence-corrected chi connectivity index (χ3v) is 3.32. The van der Waals surface area contributed by atoms with E-state index in [2.05, 4.69) is 26.1 Å². The van der Waals surface area contributed by atoms with Crippen LogP contribution in [0.3, 0.4) is 0 Å². The van der Waals surface area contributed by atoms with Crippen LogP contribution in [0, 0.1) is 18.2 Å². The van der Waals surface area contributed by atoms with E-state index in [4.69, 9.17) is 4.74 Å². The molecular formula is C16H26FNO. The van der Waals surface area contributed by atoms with Crippen molar-refractivity contribution >= 4 is 0 Å². The minimum absolute atomic E-state index is 0.0717. The molecule has 1 N–H and O–H groups in total. The molecule has 0 aromatic heterocycles. The molecule has 0 fully saturated rings. The van der Waals surface area contributed by atoms with Gasteiger partial charge in [-0.05, 0) is 24.9 Å². The molecule has 1 rings (SSSR count). The molecule has 108 valence electrons. The summed E-state index contributed by atoms with van der Waals surface area (Å²) in [6.45, 7) is 11.1. The molecule has 0 bridgehead atoms. The molecule has 0 aliphatic heterocycles. The van der Waals surface area contributed by atoms with Crippen LogP contribution in [0.15, 0.2) is 18.2 Å². The molecule has 1 aromatic rings. The van der Waals surface area contributed by atoms with E-state index in [0.29, 0.717) is 5.56 Å². The van der Waals surface area contributed by atoms with Crippen molar-refractivity contribution in [3.8, 4) is 0 Å². The Labute approximate surface area is 116 Å². The molecule has 0 saturated carbocycles. The fourth-order valence-corrected chi connectivity index (χ4v) is 2.49. The third kappa shape index (κ3) is 4.02. The minimum Gasteiger partial charge on any atom is -0.379 e. The Morgan fingerprint density at radius 2 is 1.95 bits per heavy atom. The van der Waals surface area contributed by atoms with Gasteiger partial charge >= 0.3 is 0 Å². The van der Waals surface area contributed by atoms with Gasteiger partial charge in [0.05, 0.1) is 12.1 Å². The summed E-state index contributed by atoms with van der Waals surface area (Å²) in [5, 5.41) is 3.36. The Morgan fingerprint density at radius 3 is 2.42 bits per heavy atom. The Hall–Kier alpha value is -0.930. The number of nitrogens with one attached hydrogen (secondary N) is 1. The number of hydrogen-bond acceptors (Lipinski definition) is 2. The first-order valence-electron chi connectivity index (χ1n) is 6.83. The second kappa shape index (κ2) is 6.49. The monoisotopic (exact) mass is 267 g/mol. The van der Waals surface area contributed by atoms with Crippen LogP contribution in [-0.2, 0) is 4.74 Å². The molecule has 0 spiro atoms. The molecule has 0 saturated heterocycles. The zero-order valence-electron chi connectivity index (χ0n) is 12.9. The van der Waals surface area contributed by atoms with Crippen molar-refractivity contribution in [3.05, 3.63) is 35.1 Å². The summed E-state index contributed by atoms with van der Waals surface area (Å²) in [5.41, 5.74) is 1.67. The van der Waals surface area contributed by atoms with Crippen LogP contribution in [0.25, 0.3) is 0 Å². The molecule has 2 atom stereocenters. The largest absolute Gasteiger partial charge is 0.379 e. The van der Waals surface area contributed by atoms with E-state index < -0.39 is 0 Å². The van der Waals surface area contributed by atoms with Crippen LogP contribution >= 0.6 is 0 Å². The minimum atomic E-state index is -0.178. The van der Waals surface area contributed by atoms with Crippen LogP contribution in [0.2, 0.25) is 0 Å². The highest BCUT2D eigenvalue weighted by Gasteiger charge is 2.34. The maximum atomic E-state index is 14.1. The Kier molecular flexibility index (Phi) is 5.50. The van der Waals surface area contributed by atoms with Gasteiger partial charge in [-0.2, -0.15) is 0 Å². The average Bonchev–Trinajstić information content (AvgIpc) is 2.30. The normalized spacial score (nSPS) is 15.3. The van der Waals surface area contributed by atoms with Crippen molar-refractivity contribution in [1.82, 2.24) is 5.32 Å². The number of ether oxygens (including phenoxy) is 1. The maximum absolute atomic E-state index is 14.1. The molecule has 0 aliphatic rings. The summed E-state index contributed by atoms with van der Waals surface area (Å²) in [5.74, 6) is -0.178. The van der Waals surface area contributed by atoms with Gasteiger partial charge < -0.3 is 10.1 Å². The molecule has 3 heteroatoms. The zero-order chi connectivity index (χ0) is 14.6. The Morgan fingerprint density at radius 1 is 1.32 bits per heavy atom. The van der Waals surface area contributed by atoms with E-state index in [-0.39, 0.29) is 23.4 Å². The van der Waals surface area contributed by atoms with E-state index in [1.54, 1.807) is 13.2 Å². The van der Waals surface area contributed by atoms with Crippen molar-refractivity contribution in [1.29, 1.82) is 0 Å². The van der Waals surface area contributed by atoms with Crippen LogP contribution in [0.1, 0.15) is 44.9 Å². The van der Waals surface area contributed by atoms with Gasteiger partial charge in [0, 0.05) is 12.7 Å². The van der Waals surface area contributed by atoms with E-state index in [1.165, 1.54) is 6.07 Å². The van der Waals surface area contributed by atoms with Crippen molar-refractivity contribution < 1.29 is 9.13 Å². The topological polar surface area (TPSA) is 21.3 Å². The third-order valence-electron chi connectivity index (χ3n) is 3.32. The molecule has 1 aromatic carbocycles. The smallest absolute Gasteiger partial charge is 0.128 e. The first-order chi connectivity index (χ1) is 8.81. The second-order valence-corrected chi connectivity index (χ2v) is 6.08. The van der Waals surface area contributed by atoms with Gasteiger partial charge in [-0.25, -0.2) is 4.39 Å². The van der Waals surface area contributed by atoms with E-state index in [1.807, 2.05) is 19.9 Å². The van der Waals surface area contributed by atoms with Gasteiger partial charge in [-0.3, -0.25) is 0 Å². The van der Waals surface area contributed by atoms with Gasteiger partial charge in [0.2, 0.25) is 0 Å². The summed E-state index contributed by atoms with van der Waals surface area (Å²) in [4.78, 5) is 0. The first kappa shape index (κ1) is 16.1. The van der Waals surface area contributed by atoms with E-state index in [0.717, 1.165) is 12.1 Å². The van der Waals surface area contributed by atoms with Gasteiger partial charge in [-0.15, -0.1) is 0 Å². The van der Waals surface area contributed by atoms with E-state index in [9.17, 15) is 4.39 Å². The highest BCUT2D eigenvalue weighted by molar-refractivity contribution is 5.28. The number of rotatable bonds is 5. The molecule has 0 heterocycles. The molecule has 0 aliphatic carbocycles. The number of methoxy groups -OCH3 is 1. The lowest BCUT2D eigenvalue weighted by atomic mass is 9.81. The number of halogens is 1. The van der Waals surface area contributed by atoms with Gasteiger partial charge in [0.15, 0.2) is 0 Å². The molecule has 0 amide bonds. The summed E-state index contributed by atoms with van der Waals surface area (Å²) in [6, 6.07) is 5.08. The van der Waals surface area contributed by atoms with Crippen LogP contribution in [0.5, 0.6) is 0 Å². The lowest BCUT2D eigenvalue weighted by Crippen LogP contribution is -2.42. The summed E-state index contributed by atoms with van der Waals surface area (Å²) >= 11 is 0. The first-order valence-corrected chi connectivity index (χ1v) is 6.83. The second-order valence-electron chi connectivity index (χ2n) is 6.08. The number of hydrogen-bond donors (Lipinski definition) is 1. The van der Waals surface area contributed by atoms with Crippen LogP contribution in [0.4, 0.5) is 4.39 Å². The zero-order valence-corrected chi connectivity index (χ0v) is 12.9. The Bertz CT molecular complexity index is 412. The molecular weight excluding hydrogens is 241 g/mol. The Balaban J connectivity index is 3.22. The molecule has 0 radical (unpaired) electrons.